The van der Waals surface area contributed by atoms with Crippen molar-refractivity contribution in [2.45, 2.75) is 6.42 Å². The molecule has 1 saturated heterocycles. The van der Waals surface area contributed by atoms with E-state index in [0.29, 0.717) is 36.8 Å². The van der Waals surface area contributed by atoms with Gasteiger partial charge in [0.2, 0.25) is 5.88 Å². The van der Waals surface area contributed by atoms with E-state index in [-0.39, 0.29) is 0 Å². The highest BCUT2D eigenvalue weighted by Crippen LogP contribution is 2.28. The van der Waals surface area contributed by atoms with Gasteiger partial charge in [-0.15, -0.1) is 5.10 Å². The highest BCUT2D eigenvalue weighted by atomic mass is 19.1. The van der Waals surface area contributed by atoms with Crippen LogP contribution in [0.2, 0.25) is 0 Å². The van der Waals surface area contributed by atoms with E-state index >= 15 is 0 Å². The second-order valence-corrected chi connectivity index (χ2v) is 6.64. The first kappa shape index (κ1) is 18.3. The fourth-order valence-corrected chi connectivity index (χ4v) is 3.09. The van der Waals surface area contributed by atoms with E-state index in [1.165, 1.54) is 0 Å². The van der Waals surface area contributed by atoms with Crippen molar-refractivity contribution < 1.29 is 23.0 Å². The molecule has 1 aliphatic heterocycles. The Kier molecular flexibility index (Phi) is 4.91. The number of ether oxygens (including phenoxy) is 2. The Hall–Kier alpha value is -3.07. The van der Waals surface area contributed by atoms with Crippen LogP contribution in [-0.2, 0) is 11.8 Å². The van der Waals surface area contributed by atoms with Crippen LogP contribution in [0.15, 0.2) is 30.5 Å². The summed E-state index contributed by atoms with van der Waals surface area (Å²) >= 11 is 0. The third-order valence-corrected chi connectivity index (χ3v) is 4.58. The highest BCUT2D eigenvalue weighted by molar-refractivity contribution is 6.04. The molecule has 0 spiro atoms. The van der Waals surface area contributed by atoms with Crippen molar-refractivity contribution >= 4 is 22.5 Å². The van der Waals surface area contributed by atoms with Crippen LogP contribution in [0.25, 0.3) is 10.9 Å². The predicted molar refractivity (Wildman–Crippen MR) is 97.2 cm³/mol. The van der Waals surface area contributed by atoms with Gasteiger partial charge in [-0.2, -0.15) is 0 Å². The number of aryl methyl sites for hydroxylation is 1. The number of pyridine rings is 1. The Balaban J connectivity index is 1.52. The Morgan fingerprint density at radius 3 is 3.00 bits per heavy atom. The molecule has 1 N–H and O–H groups in total. The van der Waals surface area contributed by atoms with Gasteiger partial charge in [-0.25, -0.2) is 13.8 Å². The van der Waals surface area contributed by atoms with Crippen molar-refractivity contribution in [2.75, 3.05) is 25.1 Å². The Morgan fingerprint density at radius 1 is 1.39 bits per heavy atom. The minimum Gasteiger partial charge on any atom is -0.476 e. The van der Waals surface area contributed by atoms with Gasteiger partial charge < -0.3 is 14.8 Å². The molecule has 0 bridgehead atoms. The number of carbonyl (C=O) groups excluding carboxylic acids is 1. The summed E-state index contributed by atoms with van der Waals surface area (Å²) in [6.45, 7) is 1.97. The van der Waals surface area contributed by atoms with Crippen LogP contribution < -0.4 is 10.1 Å². The van der Waals surface area contributed by atoms with Gasteiger partial charge >= 0.3 is 0 Å². The summed E-state index contributed by atoms with van der Waals surface area (Å²) < 4.78 is 39.5. The largest absolute Gasteiger partial charge is 0.476 e. The molecular formula is C19H18F2N4O3. The molecule has 7 nitrogen and oxygen atoms in total. The normalized spacial score (nSPS) is 16.5. The maximum atomic E-state index is 13.7. The molecule has 1 fully saturated rings. The number of fused-ring (bicyclic) bond motifs is 1. The smallest absolute Gasteiger partial charge is 0.277 e. The molecule has 28 heavy (non-hydrogen) atoms. The van der Waals surface area contributed by atoms with Gasteiger partial charge in [-0.05, 0) is 24.6 Å². The van der Waals surface area contributed by atoms with Crippen LogP contribution in [0, 0.1) is 17.6 Å². The summed E-state index contributed by atoms with van der Waals surface area (Å²) in [6.07, 6.45) is 1.76. The minimum atomic E-state index is -1.02. The molecule has 3 heterocycles. The summed E-state index contributed by atoms with van der Waals surface area (Å²) in [5.74, 6) is -1.77. The fraction of sp³-hybridized carbons (Fsp3) is 0.316. The van der Waals surface area contributed by atoms with Gasteiger partial charge in [-0.1, -0.05) is 0 Å². The van der Waals surface area contributed by atoms with Crippen molar-refractivity contribution in [3.05, 3.63) is 47.8 Å². The maximum absolute atomic E-state index is 13.7. The van der Waals surface area contributed by atoms with E-state index < -0.39 is 23.2 Å². The van der Waals surface area contributed by atoms with Crippen LogP contribution in [0.1, 0.15) is 16.9 Å². The molecular weight excluding hydrogens is 370 g/mol. The van der Waals surface area contributed by atoms with Gasteiger partial charge in [0.15, 0.2) is 11.5 Å². The van der Waals surface area contributed by atoms with Crippen LogP contribution in [0.5, 0.6) is 5.88 Å². The van der Waals surface area contributed by atoms with Crippen molar-refractivity contribution in [1.82, 2.24) is 14.8 Å². The number of nitrogens with zero attached hydrogens (tertiary/aromatic N) is 3. The third-order valence-electron chi connectivity index (χ3n) is 4.58. The molecule has 9 heteroatoms. The van der Waals surface area contributed by atoms with E-state index in [9.17, 15) is 13.6 Å². The molecule has 1 aromatic carbocycles. The van der Waals surface area contributed by atoms with Crippen molar-refractivity contribution in [3.8, 4) is 5.88 Å². The van der Waals surface area contributed by atoms with Crippen LogP contribution in [0.4, 0.5) is 14.5 Å². The summed E-state index contributed by atoms with van der Waals surface area (Å²) in [4.78, 5) is 15.7. The Bertz CT molecular complexity index is 1030. The van der Waals surface area contributed by atoms with Gasteiger partial charge in [0, 0.05) is 31.3 Å². The zero-order valence-electron chi connectivity index (χ0n) is 15.1. The van der Waals surface area contributed by atoms with Crippen molar-refractivity contribution in [3.63, 3.8) is 0 Å². The summed E-state index contributed by atoms with van der Waals surface area (Å²) in [5.41, 5.74) is 0.694. The lowest BCUT2D eigenvalue weighted by Gasteiger charge is -2.08. The molecule has 1 unspecified atom stereocenters. The van der Waals surface area contributed by atoms with Gasteiger partial charge in [0.1, 0.15) is 5.82 Å². The molecule has 146 valence electrons. The number of amides is 1. The fourth-order valence-electron chi connectivity index (χ4n) is 3.09. The number of hydrogen-bond acceptors (Lipinski definition) is 5. The lowest BCUT2D eigenvalue weighted by molar-refractivity contribution is 0.101. The number of nitrogens with one attached hydrogen (secondary N) is 1. The maximum Gasteiger partial charge on any atom is 0.277 e. The molecule has 0 aliphatic carbocycles. The summed E-state index contributed by atoms with van der Waals surface area (Å²) in [5, 5.41) is 7.74. The monoisotopic (exact) mass is 388 g/mol. The van der Waals surface area contributed by atoms with E-state index in [1.54, 1.807) is 29.9 Å². The van der Waals surface area contributed by atoms with E-state index in [2.05, 4.69) is 15.4 Å². The van der Waals surface area contributed by atoms with E-state index in [0.717, 1.165) is 30.1 Å². The number of benzene rings is 1. The first-order valence-corrected chi connectivity index (χ1v) is 8.81. The lowest BCUT2D eigenvalue weighted by Crippen LogP contribution is -2.16. The third kappa shape index (κ3) is 3.65. The second-order valence-electron chi connectivity index (χ2n) is 6.64. The summed E-state index contributed by atoms with van der Waals surface area (Å²) in [7, 11) is 1.76. The second kappa shape index (κ2) is 7.51. The van der Waals surface area contributed by atoms with E-state index in [4.69, 9.17) is 9.47 Å². The standard InChI is InChI=1S/C19H18F2N4O3/c1-25-16-7-13(23-18(26)17-15(21)6-12(20)8-22-17)2-3-14(16)19(24-25)28-10-11-4-5-27-9-11/h2-3,6-8,11H,4-5,9-10H2,1H3,(H,23,26). The predicted octanol–water partition coefficient (Wildman–Crippen LogP) is 2.91. The van der Waals surface area contributed by atoms with Gasteiger partial charge in [0.05, 0.1) is 30.3 Å². The number of rotatable bonds is 5. The average Bonchev–Trinajstić information content (AvgIpc) is 3.28. The molecule has 2 aromatic heterocycles. The molecule has 1 aliphatic rings. The average molecular weight is 388 g/mol. The zero-order chi connectivity index (χ0) is 19.7. The topological polar surface area (TPSA) is 78.3 Å². The molecule has 0 radical (unpaired) electrons. The van der Waals surface area contributed by atoms with E-state index in [1.807, 2.05) is 0 Å². The first-order valence-electron chi connectivity index (χ1n) is 8.81. The number of anilines is 1. The first-order chi connectivity index (χ1) is 13.5. The quantitative estimate of drug-likeness (QED) is 0.727. The van der Waals surface area contributed by atoms with Crippen LogP contribution in [0.3, 0.4) is 0 Å². The molecule has 0 saturated carbocycles. The minimum absolute atomic E-state index is 0.355. The summed E-state index contributed by atoms with van der Waals surface area (Å²) in [6, 6.07) is 5.75. The number of halogens is 2. The number of hydrogen-bond donors (Lipinski definition) is 1. The molecule has 4 rings (SSSR count). The Morgan fingerprint density at radius 2 is 2.25 bits per heavy atom. The van der Waals surface area contributed by atoms with Crippen LogP contribution in [-0.4, -0.2) is 40.5 Å². The Labute approximate surface area is 159 Å². The molecule has 3 aromatic rings. The van der Waals surface area contributed by atoms with Gasteiger partial charge in [0.25, 0.3) is 5.91 Å². The zero-order valence-corrected chi connectivity index (χ0v) is 15.1. The highest BCUT2D eigenvalue weighted by Gasteiger charge is 2.19. The van der Waals surface area contributed by atoms with Crippen molar-refractivity contribution in [1.29, 1.82) is 0 Å². The molecule has 1 atom stereocenters. The molecule has 1 amide bonds. The number of carbonyl (C=O) groups is 1. The van der Waals surface area contributed by atoms with Gasteiger partial charge in [-0.3, -0.25) is 9.48 Å². The van der Waals surface area contributed by atoms with Crippen molar-refractivity contribution in [2.24, 2.45) is 13.0 Å². The lowest BCUT2D eigenvalue weighted by atomic mass is 10.1. The number of aromatic nitrogens is 3. The van der Waals surface area contributed by atoms with Crippen LogP contribution >= 0.6 is 0 Å². The SMILES string of the molecule is Cn1nc(OCC2CCOC2)c2ccc(NC(=O)c3ncc(F)cc3F)cc21.